The third kappa shape index (κ3) is 3.39. The molecule has 20 heavy (non-hydrogen) atoms. The maximum absolute atomic E-state index is 12.2. The van der Waals surface area contributed by atoms with Gasteiger partial charge in [0.05, 0.1) is 11.6 Å². The Labute approximate surface area is 117 Å². The highest BCUT2D eigenvalue weighted by Crippen LogP contribution is 2.05. The van der Waals surface area contributed by atoms with Crippen molar-refractivity contribution in [2.75, 3.05) is 13.6 Å². The molecule has 2 aromatic rings. The fourth-order valence-corrected chi connectivity index (χ4v) is 1.74. The number of rotatable bonds is 4. The Morgan fingerprint density at radius 2 is 2.15 bits per heavy atom. The monoisotopic (exact) mass is 266 g/mol. The molecule has 5 heteroatoms. The molecular weight excluding hydrogens is 252 g/mol. The molecule has 0 aliphatic heterocycles. The van der Waals surface area contributed by atoms with Gasteiger partial charge in [0.1, 0.15) is 5.69 Å². The van der Waals surface area contributed by atoms with Gasteiger partial charge in [-0.2, -0.15) is 5.26 Å². The first kappa shape index (κ1) is 13.7. The van der Waals surface area contributed by atoms with E-state index in [1.165, 1.54) is 12.3 Å². The van der Waals surface area contributed by atoms with Gasteiger partial charge in [0.25, 0.3) is 5.91 Å². The molecule has 0 radical (unpaired) electrons. The molecule has 0 aliphatic rings. The Bertz CT molecular complexity index is 634. The van der Waals surface area contributed by atoms with E-state index in [9.17, 15) is 4.79 Å². The van der Waals surface area contributed by atoms with Gasteiger partial charge in [-0.15, -0.1) is 0 Å². The molecule has 5 nitrogen and oxygen atoms in total. The fourth-order valence-electron chi connectivity index (χ4n) is 1.74. The minimum atomic E-state index is -0.196. The maximum atomic E-state index is 12.2. The van der Waals surface area contributed by atoms with E-state index in [1.54, 1.807) is 24.2 Å². The topological polar surface area (TPSA) is 69.9 Å². The summed E-state index contributed by atoms with van der Waals surface area (Å²) in [5, 5.41) is 8.82. The highest BCUT2D eigenvalue weighted by atomic mass is 16.2. The molecule has 0 unspecified atom stereocenters. The van der Waals surface area contributed by atoms with Crippen LogP contribution in [0.4, 0.5) is 0 Å². The number of aromatic nitrogens is 2. The van der Waals surface area contributed by atoms with Crippen molar-refractivity contribution in [3.63, 3.8) is 0 Å². The second kappa shape index (κ2) is 6.43. The molecule has 0 N–H and O–H groups in total. The molecule has 0 saturated carbocycles. The summed E-state index contributed by atoms with van der Waals surface area (Å²) in [5.41, 5.74) is 1.65. The summed E-state index contributed by atoms with van der Waals surface area (Å²) in [7, 11) is 1.71. The normalized spacial score (nSPS) is 9.80. The molecule has 0 aliphatic carbocycles. The predicted molar refractivity (Wildman–Crippen MR) is 73.9 cm³/mol. The molecule has 0 atom stereocenters. The maximum Gasteiger partial charge on any atom is 0.272 e. The second-order valence-corrected chi connectivity index (χ2v) is 4.34. The number of nitrogens with zero attached hydrogens (tertiary/aromatic N) is 4. The van der Waals surface area contributed by atoms with Gasteiger partial charge < -0.3 is 4.90 Å². The molecular formula is C15H14N4O. The first-order valence-electron chi connectivity index (χ1n) is 6.22. The third-order valence-corrected chi connectivity index (χ3v) is 2.88. The minimum absolute atomic E-state index is 0.196. The highest BCUT2D eigenvalue weighted by Gasteiger charge is 2.13. The van der Waals surface area contributed by atoms with Gasteiger partial charge in [-0.1, -0.05) is 6.07 Å². The number of nitriles is 1. The molecule has 0 fully saturated rings. The molecule has 0 spiro atoms. The Hall–Kier alpha value is -2.74. The zero-order valence-electron chi connectivity index (χ0n) is 11.2. The summed E-state index contributed by atoms with van der Waals surface area (Å²) < 4.78 is 0. The van der Waals surface area contributed by atoms with Crippen LogP contribution in [-0.2, 0) is 6.42 Å². The van der Waals surface area contributed by atoms with Gasteiger partial charge in [0.15, 0.2) is 0 Å². The highest BCUT2D eigenvalue weighted by molar-refractivity contribution is 5.92. The van der Waals surface area contributed by atoms with Crippen LogP contribution in [0.15, 0.2) is 42.7 Å². The summed E-state index contributed by atoms with van der Waals surface area (Å²) in [4.78, 5) is 22.0. The molecule has 2 rings (SSSR count). The first-order valence-corrected chi connectivity index (χ1v) is 6.22. The molecule has 100 valence electrons. The molecule has 0 aromatic carbocycles. The van der Waals surface area contributed by atoms with Crippen LogP contribution < -0.4 is 0 Å². The van der Waals surface area contributed by atoms with Crippen LogP contribution in [0.1, 0.15) is 21.7 Å². The molecule has 0 saturated heterocycles. The van der Waals surface area contributed by atoms with E-state index in [2.05, 4.69) is 9.97 Å². The summed E-state index contributed by atoms with van der Waals surface area (Å²) in [6.45, 7) is 0.550. The van der Waals surface area contributed by atoms with Crippen LogP contribution in [0.3, 0.4) is 0 Å². The number of amides is 1. The summed E-state index contributed by atoms with van der Waals surface area (Å²) in [5.74, 6) is -0.196. The van der Waals surface area contributed by atoms with Gasteiger partial charge in [-0.05, 0) is 24.3 Å². The first-order chi connectivity index (χ1) is 9.70. The third-order valence-electron chi connectivity index (χ3n) is 2.88. The van der Waals surface area contributed by atoms with Crippen LogP contribution in [-0.4, -0.2) is 34.4 Å². The van der Waals surface area contributed by atoms with E-state index < -0.39 is 0 Å². The van der Waals surface area contributed by atoms with E-state index in [0.717, 1.165) is 5.69 Å². The Kier molecular flexibility index (Phi) is 4.40. The summed E-state index contributed by atoms with van der Waals surface area (Å²) in [6, 6.07) is 10.8. The second-order valence-electron chi connectivity index (χ2n) is 4.34. The SMILES string of the molecule is CN(CCc1ccccn1)C(=O)c1cc(C#N)ccn1. The van der Waals surface area contributed by atoms with E-state index in [4.69, 9.17) is 5.26 Å². The van der Waals surface area contributed by atoms with Crippen molar-refractivity contribution in [3.8, 4) is 6.07 Å². The lowest BCUT2D eigenvalue weighted by molar-refractivity contribution is 0.0790. The number of hydrogen-bond acceptors (Lipinski definition) is 4. The summed E-state index contributed by atoms with van der Waals surface area (Å²) in [6.07, 6.45) is 3.88. The van der Waals surface area contributed by atoms with Crippen molar-refractivity contribution >= 4 is 5.91 Å². The zero-order valence-corrected chi connectivity index (χ0v) is 11.2. The van der Waals surface area contributed by atoms with Gasteiger partial charge in [-0.3, -0.25) is 14.8 Å². The Morgan fingerprint density at radius 1 is 1.30 bits per heavy atom. The number of carbonyl (C=O) groups is 1. The van der Waals surface area contributed by atoms with Crippen molar-refractivity contribution in [2.24, 2.45) is 0 Å². The quantitative estimate of drug-likeness (QED) is 0.844. The standard InChI is InChI=1S/C15H14N4O/c1-19(9-6-13-4-2-3-7-17-13)15(20)14-10-12(11-16)5-8-18-14/h2-5,7-8,10H,6,9H2,1H3. The lowest BCUT2D eigenvalue weighted by atomic mass is 10.2. The van der Waals surface area contributed by atoms with E-state index in [0.29, 0.717) is 18.5 Å². The van der Waals surface area contributed by atoms with Crippen LogP contribution in [0.25, 0.3) is 0 Å². The molecule has 2 aromatic heterocycles. The predicted octanol–water partition coefficient (Wildman–Crippen LogP) is 1.66. The van der Waals surface area contributed by atoms with Crippen molar-refractivity contribution in [2.45, 2.75) is 6.42 Å². The minimum Gasteiger partial charge on any atom is -0.340 e. The average molecular weight is 266 g/mol. The smallest absolute Gasteiger partial charge is 0.272 e. The zero-order chi connectivity index (χ0) is 14.4. The number of carbonyl (C=O) groups excluding carboxylic acids is 1. The van der Waals surface area contributed by atoms with Crippen molar-refractivity contribution in [3.05, 3.63) is 59.7 Å². The van der Waals surface area contributed by atoms with Crippen LogP contribution in [0.5, 0.6) is 0 Å². The molecule has 1 amide bonds. The van der Waals surface area contributed by atoms with Crippen molar-refractivity contribution in [1.29, 1.82) is 5.26 Å². The average Bonchev–Trinajstić information content (AvgIpc) is 2.53. The van der Waals surface area contributed by atoms with E-state index in [-0.39, 0.29) is 11.6 Å². The number of likely N-dealkylation sites (N-methyl/N-ethyl adjacent to an activating group) is 1. The fraction of sp³-hybridized carbons (Fsp3) is 0.200. The van der Waals surface area contributed by atoms with Crippen LogP contribution in [0, 0.1) is 11.3 Å². The van der Waals surface area contributed by atoms with E-state index in [1.807, 2.05) is 24.3 Å². The molecule has 0 bridgehead atoms. The Balaban J connectivity index is 2.00. The molecule has 2 heterocycles. The van der Waals surface area contributed by atoms with Gasteiger partial charge in [0, 0.05) is 38.1 Å². The largest absolute Gasteiger partial charge is 0.340 e. The van der Waals surface area contributed by atoms with E-state index >= 15 is 0 Å². The van der Waals surface area contributed by atoms with Gasteiger partial charge in [-0.25, -0.2) is 0 Å². The Morgan fingerprint density at radius 3 is 2.85 bits per heavy atom. The number of pyridine rings is 2. The number of hydrogen-bond donors (Lipinski definition) is 0. The van der Waals surface area contributed by atoms with Crippen molar-refractivity contribution < 1.29 is 4.79 Å². The van der Waals surface area contributed by atoms with Crippen LogP contribution in [0.2, 0.25) is 0 Å². The van der Waals surface area contributed by atoms with Gasteiger partial charge in [0.2, 0.25) is 0 Å². The van der Waals surface area contributed by atoms with Crippen molar-refractivity contribution in [1.82, 2.24) is 14.9 Å². The van der Waals surface area contributed by atoms with Crippen LogP contribution >= 0.6 is 0 Å². The van der Waals surface area contributed by atoms with Gasteiger partial charge >= 0.3 is 0 Å². The lowest BCUT2D eigenvalue weighted by Gasteiger charge is -2.16. The summed E-state index contributed by atoms with van der Waals surface area (Å²) >= 11 is 0. The lowest BCUT2D eigenvalue weighted by Crippen LogP contribution is -2.29.